The third kappa shape index (κ3) is 3.08. The zero-order chi connectivity index (χ0) is 17.5. The van der Waals surface area contributed by atoms with Gasteiger partial charge in [-0.3, -0.25) is 0 Å². The molecule has 0 radical (unpaired) electrons. The highest BCUT2D eigenvalue weighted by Gasteiger charge is 2.38. The Morgan fingerprint density at radius 2 is 2.12 bits per heavy atom. The number of sulfonamides is 1. The van der Waals surface area contributed by atoms with E-state index in [0.29, 0.717) is 18.7 Å². The first kappa shape index (κ1) is 17.4. The summed E-state index contributed by atoms with van der Waals surface area (Å²) in [6.07, 6.45) is 1.37. The molecule has 1 atom stereocenters. The molecule has 5 nitrogen and oxygen atoms in total. The monoisotopic (exact) mass is 372 g/mol. The van der Waals surface area contributed by atoms with Crippen LogP contribution in [-0.4, -0.2) is 24.4 Å². The van der Waals surface area contributed by atoms with E-state index >= 15 is 0 Å². The van der Waals surface area contributed by atoms with Gasteiger partial charge < -0.3 is 4.52 Å². The van der Waals surface area contributed by atoms with Crippen molar-refractivity contribution in [2.75, 3.05) is 6.54 Å². The molecule has 1 aliphatic heterocycles. The Balaban J connectivity index is 1.95. The van der Waals surface area contributed by atoms with E-state index in [1.807, 2.05) is 13.8 Å². The van der Waals surface area contributed by atoms with Crippen LogP contribution in [0.5, 0.6) is 0 Å². The number of hydrogen-bond donors (Lipinski definition) is 0. The van der Waals surface area contributed by atoms with E-state index in [1.165, 1.54) is 10.4 Å². The first-order valence-electron chi connectivity index (χ1n) is 7.74. The number of halogens is 2. The molecule has 0 N–H and O–H groups in total. The summed E-state index contributed by atoms with van der Waals surface area (Å²) in [5.41, 5.74) is 0.791. The van der Waals surface area contributed by atoms with Crippen LogP contribution in [0.2, 0.25) is 5.02 Å². The van der Waals surface area contributed by atoms with E-state index in [-0.39, 0.29) is 15.8 Å². The van der Waals surface area contributed by atoms with E-state index in [0.717, 1.165) is 24.2 Å². The topological polar surface area (TPSA) is 63.4 Å². The molecular weight excluding hydrogens is 355 g/mol. The normalized spacial score (nSPS) is 19.3. The van der Waals surface area contributed by atoms with Gasteiger partial charge in [0.05, 0.1) is 21.7 Å². The zero-order valence-corrected chi connectivity index (χ0v) is 14.9. The number of aromatic nitrogens is 1. The van der Waals surface area contributed by atoms with Gasteiger partial charge in [-0.05, 0) is 37.0 Å². The average molecular weight is 373 g/mol. The van der Waals surface area contributed by atoms with Gasteiger partial charge in [0, 0.05) is 12.6 Å². The largest absolute Gasteiger partial charge is 0.359 e. The molecule has 0 bridgehead atoms. The van der Waals surface area contributed by atoms with Crippen LogP contribution in [0.15, 0.2) is 33.7 Å². The molecule has 1 aliphatic rings. The van der Waals surface area contributed by atoms with Crippen LogP contribution in [0.1, 0.15) is 50.1 Å². The molecule has 3 rings (SSSR count). The molecule has 0 spiro atoms. The Hall–Kier alpha value is -1.44. The highest BCUT2D eigenvalue weighted by molar-refractivity contribution is 7.89. The molecule has 2 aromatic rings. The van der Waals surface area contributed by atoms with Crippen LogP contribution < -0.4 is 0 Å². The maximum absolute atomic E-state index is 13.3. The fourth-order valence-electron chi connectivity index (χ4n) is 2.82. The molecule has 8 heteroatoms. The Labute approximate surface area is 145 Å². The van der Waals surface area contributed by atoms with Gasteiger partial charge in [0.25, 0.3) is 0 Å². The molecule has 0 aliphatic carbocycles. The van der Waals surface area contributed by atoms with Crippen LogP contribution in [-0.2, 0) is 10.0 Å². The first-order valence-corrected chi connectivity index (χ1v) is 9.56. The minimum absolute atomic E-state index is 0.0237. The summed E-state index contributed by atoms with van der Waals surface area (Å²) < 4.78 is 45.9. The summed E-state index contributed by atoms with van der Waals surface area (Å²) in [5, 5.41) is 3.79. The molecule has 0 saturated carbocycles. The predicted molar refractivity (Wildman–Crippen MR) is 87.9 cm³/mol. The zero-order valence-electron chi connectivity index (χ0n) is 13.4. The minimum Gasteiger partial charge on any atom is -0.359 e. The third-order valence-electron chi connectivity index (χ3n) is 4.17. The summed E-state index contributed by atoms with van der Waals surface area (Å²) in [5.74, 6) is 0.0863. The van der Waals surface area contributed by atoms with Crippen molar-refractivity contribution < 1.29 is 17.3 Å². The van der Waals surface area contributed by atoms with E-state index in [9.17, 15) is 12.8 Å². The second-order valence-corrected chi connectivity index (χ2v) is 8.46. The fourth-order valence-corrected chi connectivity index (χ4v) is 4.75. The van der Waals surface area contributed by atoms with Crippen molar-refractivity contribution in [3.63, 3.8) is 0 Å². The van der Waals surface area contributed by atoms with Gasteiger partial charge in [0.15, 0.2) is 5.76 Å². The van der Waals surface area contributed by atoms with Crippen LogP contribution >= 0.6 is 11.6 Å². The van der Waals surface area contributed by atoms with Crippen molar-refractivity contribution in [3.8, 4) is 0 Å². The molecule has 24 heavy (non-hydrogen) atoms. The minimum atomic E-state index is -3.79. The summed E-state index contributed by atoms with van der Waals surface area (Å²) >= 11 is 5.73. The third-order valence-corrected chi connectivity index (χ3v) is 6.36. The van der Waals surface area contributed by atoms with Gasteiger partial charge in [-0.25, -0.2) is 12.8 Å². The van der Waals surface area contributed by atoms with Crippen LogP contribution in [0, 0.1) is 5.82 Å². The highest BCUT2D eigenvalue weighted by atomic mass is 35.5. The maximum atomic E-state index is 13.3. The molecule has 0 amide bonds. The molecule has 0 unspecified atom stereocenters. The second kappa shape index (κ2) is 6.46. The van der Waals surface area contributed by atoms with Gasteiger partial charge >= 0.3 is 0 Å². The second-order valence-electron chi connectivity index (χ2n) is 6.16. The van der Waals surface area contributed by atoms with E-state index in [4.69, 9.17) is 16.1 Å². The van der Waals surface area contributed by atoms with Crippen molar-refractivity contribution in [1.29, 1.82) is 0 Å². The van der Waals surface area contributed by atoms with Gasteiger partial charge in [-0.2, -0.15) is 4.31 Å². The number of benzene rings is 1. The molecule has 1 aromatic carbocycles. The van der Waals surface area contributed by atoms with Crippen molar-refractivity contribution in [3.05, 3.63) is 46.6 Å². The lowest BCUT2D eigenvalue weighted by atomic mass is 10.1. The van der Waals surface area contributed by atoms with Gasteiger partial charge in [-0.1, -0.05) is 30.6 Å². The van der Waals surface area contributed by atoms with Crippen LogP contribution in [0.25, 0.3) is 0 Å². The number of nitrogens with zero attached hydrogens (tertiary/aromatic N) is 2. The Bertz CT molecular complexity index is 851. The van der Waals surface area contributed by atoms with Gasteiger partial charge in [0.2, 0.25) is 10.0 Å². The lowest BCUT2D eigenvalue weighted by Gasteiger charge is -2.22. The number of rotatable bonds is 4. The first-order chi connectivity index (χ1) is 11.3. The van der Waals surface area contributed by atoms with Crippen LogP contribution in [0.4, 0.5) is 4.39 Å². The van der Waals surface area contributed by atoms with Gasteiger partial charge in [0.1, 0.15) is 5.82 Å². The quantitative estimate of drug-likeness (QED) is 0.809. The predicted octanol–water partition coefficient (Wildman–Crippen LogP) is 4.12. The smallest absolute Gasteiger partial charge is 0.243 e. The SMILES string of the molecule is CC(C)c1cc([C@@H]2CCCN2S(=O)(=O)c2ccc(F)c(Cl)c2)on1. The summed E-state index contributed by atoms with van der Waals surface area (Å²) in [7, 11) is -3.79. The maximum Gasteiger partial charge on any atom is 0.243 e. The average Bonchev–Trinajstić information content (AvgIpc) is 3.17. The lowest BCUT2D eigenvalue weighted by molar-refractivity contribution is 0.295. The molecule has 1 aromatic heterocycles. The summed E-state index contributed by atoms with van der Waals surface area (Å²) in [6, 6.07) is 4.83. The Morgan fingerprint density at radius 1 is 1.38 bits per heavy atom. The fraction of sp³-hybridized carbons (Fsp3) is 0.438. The Morgan fingerprint density at radius 3 is 2.75 bits per heavy atom. The summed E-state index contributed by atoms with van der Waals surface area (Å²) in [4.78, 5) is -0.0237. The van der Waals surface area contributed by atoms with E-state index < -0.39 is 21.9 Å². The van der Waals surface area contributed by atoms with Crippen molar-refractivity contribution >= 4 is 21.6 Å². The van der Waals surface area contributed by atoms with Gasteiger partial charge in [-0.15, -0.1) is 0 Å². The van der Waals surface area contributed by atoms with Crippen molar-refractivity contribution in [2.24, 2.45) is 0 Å². The standard InChI is InChI=1S/C16H18ClFN2O3S/c1-10(2)14-9-16(23-19-14)15-4-3-7-20(15)24(21,22)11-5-6-13(18)12(17)8-11/h5-6,8-10,15H,3-4,7H2,1-2H3/t15-/m0/s1. The molecule has 130 valence electrons. The van der Waals surface area contributed by atoms with Crippen LogP contribution in [0.3, 0.4) is 0 Å². The van der Waals surface area contributed by atoms with E-state index in [1.54, 1.807) is 6.07 Å². The van der Waals surface area contributed by atoms with Crippen molar-refractivity contribution in [1.82, 2.24) is 9.46 Å². The Kier molecular flexibility index (Phi) is 4.68. The summed E-state index contributed by atoms with van der Waals surface area (Å²) in [6.45, 7) is 4.36. The lowest BCUT2D eigenvalue weighted by Crippen LogP contribution is -2.30. The van der Waals surface area contributed by atoms with Crippen molar-refractivity contribution in [2.45, 2.75) is 43.5 Å². The molecule has 1 fully saturated rings. The highest BCUT2D eigenvalue weighted by Crippen LogP contribution is 2.37. The molecule has 2 heterocycles. The molecular formula is C16H18ClFN2O3S. The number of hydrogen-bond acceptors (Lipinski definition) is 4. The molecule has 1 saturated heterocycles. The van der Waals surface area contributed by atoms with E-state index in [2.05, 4.69) is 5.16 Å².